The van der Waals surface area contributed by atoms with Gasteiger partial charge in [-0.15, -0.1) is 0 Å². The second kappa shape index (κ2) is 5.97. The van der Waals surface area contributed by atoms with Gasteiger partial charge in [-0.3, -0.25) is 4.79 Å². The Kier molecular flexibility index (Phi) is 4.60. The van der Waals surface area contributed by atoms with E-state index in [4.69, 9.17) is 10.5 Å². The van der Waals surface area contributed by atoms with Gasteiger partial charge in [-0.2, -0.15) is 0 Å². The van der Waals surface area contributed by atoms with Crippen molar-refractivity contribution in [1.82, 2.24) is 5.32 Å². The molecule has 0 heterocycles. The topological polar surface area (TPSA) is 84.6 Å². The Morgan fingerprint density at radius 3 is 2.88 bits per heavy atom. The summed E-state index contributed by atoms with van der Waals surface area (Å²) in [4.78, 5) is 10.5. The molecule has 1 rings (SSSR count). The number of hydrogen-bond donors (Lipinski definition) is 3. The van der Waals surface area contributed by atoms with E-state index in [-0.39, 0.29) is 11.7 Å². The van der Waals surface area contributed by atoms with E-state index in [1.54, 1.807) is 12.1 Å². The maximum absolute atomic E-state index is 10.5. The highest BCUT2D eigenvalue weighted by atomic mass is 16.5. The number of carbonyl (C=O) groups is 1. The molecule has 5 nitrogen and oxygen atoms in total. The molecule has 0 fully saturated rings. The van der Waals surface area contributed by atoms with Gasteiger partial charge in [0.25, 0.3) is 0 Å². The summed E-state index contributed by atoms with van der Waals surface area (Å²) < 4.78 is 4.93. The van der Waals surface area contributed by atoms with Crippen LogP contribution in [0.1, 0.15) is 12.0 Å². The smallest absolute Gasteiger partial charge is 0.218 e. The molecule has 16 heavy (non-hydrogen) atoms. The zero-order valence-electron chi connectivity index (χ0n) is 9.19. The summed E-state index contributed by atoms with van der Waals surface area (Å²) in [6.45, 7) is 1.10. The van der Waals surface area contributed by atoms with Crippen LogP contribution in [0.2, 0.25) is 0 Å². The number of nitrogens with two attached hydrogens (primary N) is 1. The van der Waals surface area contributed by atoms with Gasteiger partial charge in [-0.05, 0) is 17.7 Å². The number of rotatable bonds is 6. The number of phenolic OH excluding ortho intramolecular Hbond substituents is 1. The van der Waals surface area contributed by atoms with E-state index in [0.29, 0.717) is 25.3 Å². The zero-order chi connectivity index (χ0) is 12.0. The number of primary amides is 1. The number of ether oxygens (including phenoxy) is 1. The molecule has 4 N–H and O–H groups in total. The molecule has 88 valence electrons. The van der Waals surface area contributed by atoms with E-state index in [1.165, 1.54) is 7.11 Å². The summed E-state index contributed by atoms with van der Waals surface area (Å²) in [5.41, 5.74) is 5.92. The van der Waals surface area contributed by atoms with Crippen molar-refractivity contribution in [2.75, 3.05) is 13.7 Å². The monoisotopic (exact) mass is 224 g/mol. The third-order valence-corrected chi connectivity index (χ3v) is 2.12. The fourth-order valence-corrected chi connectivity index (χ4v) is 1.29. The zero-order valence-corrected chi connectivity index (χ0v) is 9.19. The lowest BCUT2D eigenvalue weighted by molar-refractivity contribution is -0.117. The number of carbonyl (C=O) groups excluding carboxylic acids is 1. The Labute approximate surface area is 94.2 Å². The maximum Gasteiger partial charge on any atom is 0.218 e. The standard InChI is InChI=1S/C11H16N2O3/c1-16-10-3-2-8(6-9(10)14)7-13-5-4-11(12)15/h2-3,6,13-14H,4-5,7H2,1H3,(H2,12,15). The Morgan fingerprint density at radius 2 is 2.31 bits per heavy atom. The van der Waals surface area contributed by atoms with Crippen molar-refractivity contribution in [3.05, 3.63) is 23.8 Å². The molecule has 0 aliphatic heterocycles. The Hall–Kier alpha value is -1.75. The molecular formula is C11H16N2O3. The molecule has 0 saturated carbocycles. The molecule has 0 aliphatic rings. The SMILES string of the molecule is COc1ccc(CNCCC(N)=O)cc1O. The summed E-state index contributed by atoms with van der Waals surface area (Å²) in [7, 11) is 1.50. The number of hydrogen-bond acceptors (Lipinski definition) is 4. The van der Waals surface area contributed by atoms with Gasteiger partial charge >= 0.3 is 0 Å². The van der Waals surface area contributed by atoms with Gasteiger partial charge in [0.05, 0.1) is 7.11 Å². The predicted molar refractivity (Wildman–Crippen MR) is 60.2 cm³/mol. The van der Waals surface area contributed by atoms with Crippen LogP contribution in [0.25, 0.3) is 0 Å². The lowest BCUT2D eigenvalue weighted by atomic mass is 10.2. The van der Waals surface area contributed by atoms with Gasteiger partial charge in [0.2, 0.25) is 5.91 Å². The van der Waals surface area contributed by atoms with Crippen molar-refractivity contribution in [2.24, 2.45) is 5.73 Å². The highest BCUT2D eigenvalue weighted by Crippen LogP contribution is 2.25. The Balaban J connectivity index is 2.43. The van der Waals surface area contributed by atoms with Gasteiger partial charge in [0, 0.05) is 19.5 Å². The molecule has 0 spiro atoms. The minimum absolute atomic E-state index is 0.108. The average Bonchev–Trinajstić information content (AvgIpc) is 2.24. The first-order chi connectivity index (χ1) is 7.63. The molecule has 0 radical (unpaired) electrons. The summed E-state index contributed by atoms with van der Waals surface area (Å²) in [6, 6.07) is 5.16. The fraction of sp³-hybridized carbons (Fsp3) is 0.364. The van der Waals surface area contributed by atoms with Crippen LogP contribution >= 0.6 is 0 Å². The summed E-state index contributed by atoms with van der Waals surface area (Å²) in [5, 5.41) is 12.6. The lowest BCUT2D eigenvalue weighted by Crippen LogP contribution is -2.21. The van der Waals surface area contributed by atoms with E-state index in [1.807, 2.05) is 6.07 Å². The van der Waals surface area contributed by atoms with E-state index >= 15 is 0 Å². The molecule has 0 bridgehead atoms. The van der Waals surface area contributed by atoms with Crippen molar-refractivity contribution < 1.29 is 14.6 Å². The quantitative estimate of drug-likeness (QED) is 0.609. The Morgan fingerprint density at radius 1 is 1.56 bits per heavy atom. The number of nitrogens with one attached hydrogen (secondary N) is 1. The molecule has 1 aromatic carbocycles. The van der Waals surface area contributed by atoms with Crippen molar-refractivity contribution in [3.63, 3.8) is 0 Å². The number of phenols is 1. The molecule has 1 amide bonds. The number of benzene rings is 1. The van der Waals surface area contributed by atoms with E-state index in [2.05, 4.69) is 5.32 Å². The molecule has 0 aromatic heterocycles. The Bertz CT molecular complexity index is 366. The predicted octanol–water partition coefficient (Wildman–Crippen LogP) is 0.366. The number of amides is 1. The molecule has 1 aromatic rings. The number of aromatic hydroxyl groups is 1. The van der Waals surface area contributed by atoms with Crippen LogP contribution in [0.15, 0.2) is 18.2 Å². The van der Waals surface area contributed by atoms with Gasteiger partial charge in [-0.25, -0.2) is 0 Å². The molecular weight excluding hydrogens is 208 g/mol. The van der Waals surface area contributed by atoms with Crippen molar-refractivity contribution in [2.45, 2.75) is 13.0 Å². The molecule has 5 heteroatoms. The molecule has 0 unspecified atom stereocenters. The van der Waals surface area contributed by atoms with E-state index < -0.39 is 0 Å². The highest BCUT2D eigenvalue weighted by Gasteiger charge is 2.02. The van der Waals surface area contributed by atoms with Crippen molar-refractivity contribution in [1.29, 1.82) is 0 Å². The summed E-state index contributed by atoms with van der Waals surface area (Å²) in [5.74, 6) is 0.225. The third kappa shape index (κ3) is 3.78. The normalized spacial score (nSPS) is 10.1. The van der Waals surface area contributed by atoms with Crippen LogP contribution in [-0.4, -0.2) is 24.7 Å². The molecule has 0 saturated heterocycles. The van der Waals surface area contributed by atoms with Crippen molar-refractivity contribution >= 4 is 5.91 Å². The van der Waals surface area contributed by atoms with Crippen LogP contribution < -0.4 is 15.8 Å². The van der Waals surface area contributed by atoms with Gasteiger partial charge in [-0.1, -0.05) is 6.07 Å². The largest absolute Gasteiger partial charge is 0.504 e. The molecule has 0 aliphatic carbocycles. The van der Waals surface area contributed by atoms with Crippen LogP contribution in [0.4, 0.5) is 0 Å². The second-order valence-electron chi connectivity index (χ2n) is 3.40. The summed E-state index contributed by atoms with van der Waals surface area (Å²) in [6.07, 6.45) is 0.308. The molecule has 0 atom stereocenters. The second-order valence-corrected chi connectivity index (χ2v) is 3.40. The lowest BCUT2D eigenvalue weighted by Gasteiger charge is -2.07. The summed E-state index contributed by atoms with van der Waals surface area (Å²) >= 11 is 0. The van der Waals surface area contributed by atoms with E-state index in [9.17, 15) is 9.90 Å². The van der Waals surface area contributed by atoms with Gasteiger partial charge < -0.3 is 20.9 Å². The fourth-order valence-electron chi connectivity index (χ4n) is 1.29. The minimum Gasteiger partial charge on any atom is -0.504 e. The van der Waals surface area contributed by atoms with Crippen molar-refractivity contribution in [3.8, 4) is 11.5 Å². The first kappa shape index (κ1) is 12.3. The van der Waals surface area contributed by atoms with Gasteiger partial charge in [0.1, 0.15) is 0 Å². The third-order valence-electron chi connectivity index (χ3n) is 2.12. The van der Waals surface area contributed by atoms with Crippen LogP contribution in [-0.2, 0) is 11.3 Å². The van der Waals surface area contributed by atoms with Crippen LogP contribution in [0.3, 0.4) is 0 Å². The first-order valence-corrected chi connectivity index (χ1v) is 4.98. The van der Waals surface area contributed by atoms with Crippen LogP contribution in [0.5, 0.6) is 11.5 Å². The maximum atomic E-state index is 10.5. The average molecular weight is 224 g/mol. The minimum atomic E-state index is -0.329. The van der Waals surface area contributed by atoms with Gasteiger partial charge in [0.15, 0.2) is 11.5 Å². The first-order valence-electron chi connectivity index (χ1n) is 4.98. The van der Waals surface area contributed by atoms with E-state index in [0.717, 1.165) is 5.56 Å². The highest BCUT2D eigenvalue weighted by molar-refractivity contribution is 5.73. The number of methoxy groups -OCH3 is 1. The van der Waals surface area contributed by atoms with Crippen LogP contribution in [0, 0.1) is 0 Å².